The molecular formula is C35H34N2O3S2. The summed E-state index contributed by atoms with van der Waals surface area (Å²) in [6, 6.07) is 30.3. The molecule has 5 aromatic rings. The third-order valence-electron chi connectivity index (χ3n) is 7.22. The number of fused-ring (bicyclic) bond motifs is 4. The van der Waals surface area contributed by atoms with Gasteiger partial charge in [0.05, 0.1) is 21.0 Å². The maximum Gasteiger partial charge on any atom is 0.213 e. The lowest BCUT2D eigenvalue weighted by Crippen LogP contribution is -2.36. The minimum Gasteiger partial charge on any atom is -0.744 e. The molecule has 2 heterocycles. The summed E-state index contributed by atoms with van der Waals surface area (Å²) in [5.41, 5.74) is 4.79. The molecule has 0 N–H and O–H groups in total. The molecule has 214 valence electrons. The Balaban J connectivity index is 0.000000271. The van der Waals surface area contributed by atoms with E-state index in [0.717, 1.165) is 12.1 Å². The minimum atomic E-state index is -4.27. The van der Waals surface area contributed by atoms with Gasteiger partial charge in [0.25, 0.3) is 0 Å². The fourth-order valence-electron chi connectivity index (χ4n) is 5.12. The molecule has 1 aliphatic heterocycles. The van der Waals surface area contributed by atoms with Crippen molar-refractivity contribution in [2.75, 3.05) is 11.4 Å². The van der Waals surface area contributed by atoms with Gasteiger partial charge in [-0.25, -0.2) is 8.42 Å². The fourth-order valence-corrected chi connectivity index (χ4v) is 6.74. The molecule has 6 rings (SSSR count). The average molecular weight is 595 g/mol. The SMILES string of the molecule is CCN1C(=CC=Cc2cc[n+](C(C)C)c3ccccc23)Sc2ccc3ccccc3c21.Cc1ccc(S(=O)(=O)[O-])cc1. The van der Waals surface area contributed by atoms with E-state index in [1.165, 1.54) is 55.0 Å². The highest BCUT2D eigenvalue weighted by atomic mass is 32.2. The van der Waals surface area contributed by atoms with E-state index in [2.05, 4.69) is 121 Å². The third kappa shape index (κ3) is 6.28. The van der Waals surface area contributed by atoms with E-state index < -0.39 is 10.1 Å². The Morgan fingerprint density at radius 1 is 0.905 bits per heavy atom. The molecule has 0 saturated heterocycles. The lowest BCUT2D eigenvalue weighted by Gasteiger charge is -2.19. The number of rotatable bonds is 5. The molecule has 0 fully saturated rings. The van der Waals surface area contributed by atoms with E-state index >= 15 is 0 Å². The van der Waals surface area contributed by atoms with Crippen LogP contribution in [0, 0.1) is 6.92 Å². The van der Waals surface area contributed by atoms with Crippen LogP contribution in [0.1, 0.15) is 37.9 Å². The predicted molar refractivity (Wildman–Crippen MR) is 174 cm³/mol. The Morgan fingerprint density at radius 2 is 1.60 bits per heavy atom. The Labute approximate surface area is 252 Å². The number of aryl methyl sites for hydroxylation is 1. The topological polar surface area (TPSA) is 64.3 Å². The van der Waals surface area contributed by atoms with Gasteiger partial charge in [-0.3, -0.25) is 0 Å². The largest absolute Gasteiger partial charge is 0.744 e. The Hall–Kier alpha value is -3.91. The highest BCUT2D eigenvalue weighted by Gasteiger charge is 2.25. The van der Waals surface area contributed by atoms with Crippen LogP contribution in [0.2, 0.25) is 0 Å². The summed E-state index contributed by atoms with van der Waals surface area (Å²) >= 11 is 1.86. The molecule has 0 aliphatic carbocycles. The zero-order valence-corrected chi connectivity index (χ0v) is 25.8. The number of para-hydroxylation sites is 1. The maximum atomic E-state index is 10.4. The highest BCUT2D eigenvalue weighted by molar-refractivity contribution is 8.03. The maximum absolute atomic E-state index is 10.4. The van der Waals surface area contributed by atoms with Gasteiger partial charge in [0.2, 0.25) is 5.52 Å². The van der Waals surface area contributed by atoms with Gasteiger partial charge < -0.3 is 9.45 Å². The van der Waals surface area contributed by atoms with Crippen molar-refractivity contribution in [2.24, 2.45) is 0 Å². The number of anilines is 1. The first kappa shape index (κ1) is 29.6. The Kier molecular flexibility index (Phi) is 8.82. The normalized spacial score (nSPS) is 14.1. The van der Waals surface area contributed by atoms with Gasteiger partial charge in [0.15, 0.2) is 12.2 Å². The Morgan fingerprint density at radius 3 is 2.29 bits per heavy atom. The molecule has 0 saturated carbocycles. The van der Waals surface area contributed by atoms with Crippen LogP contribution in [0.3, 0.4) is 0 Å². The summed E-state index contributed by atoms with van der Waals surface area (Å²) in [5, 5.41) is 5.19. The monoisotopic (exact) mass is 594 g/mol. The van der Waals surface area contributed by atoms with Crippen molar-refractivity contribution < 1.29 is 17.5 Å². The van der Waals surface area contributed by atoms with E-state index in [1.54, 1.807) is 12.1 Å². The summed E-state index contributed by atoms with van der Waals surface area (Å²) < 4.78 is 33.5. The lowest BCUT2D eigenvalue weighted by molar-refractivity contribution is -0.691. The van der Waals surface area contributed by atoms with E-state index in [0.29, 0.717) is 6.04 Å². The summed E-state index contributed by atoms with van der Waals surface area (Å²) in [7, 11) is -4.27. The van der Waals surface area contributed by atoms with Gasteiger partial charge in [-0.1, -0.05) is 84.1 Å². The molecule has 4 aromatic carbocycles. The molecule has 0 unspecified atom stereocenters. The smallest absolute Gasteiger partial charge is 0.213 e. The van der Waals surface area contributed by atoms with Crippen LogP contribution < -0.4 is 9.47 Å². The van der Waals surface area contributed by atoms with Crippen molar-refractivity contribution in [1.29, 1.82) is 0 Å². The number of nitrogens with zero attached hydrogens (tertiary/aromatic N) is 2. The molecule has 1 aromatic heterocycles. The minimum absolute atomic E-state index is 0.178. The first-order valence-electron chi connectivity index (χ1n) is 14.0. The second kappa shape index (κ2) is 12.5. The molecule has 0 spiro atoms. The molecular weight excluding hydrogens is 561 g/mol. The number of hydrogen-bond donors (Lipinski definition) is 0. The average Bonchev–Trinajstić information content (AvgIpc) is 3.35. The summed E-state index contributed by atoms with van der Waals surface area (Å²) in [5.74, 6) is 0. The van der Waals surface area contributed by atoms with Gasteiger partial charge in [0, 0.05) is 29.0 Å². The molecule has 42 heavy (non-hydrogen) atoms. The molecule has 0 bridgehead atoms. The summed E-state index contributed by atoms with van der Waals surface area (Å²) in [6.45, 7) is 9.46. The molecule has 7 heteroatoms. The third-order valence-corrected chi connectivity index (χ3v) is 9.18. The summed E-state index contributed by atoms with van der Waals surface area (Å²) in [6.07, 6.45) is 8.88. The van der Waals surface area contributed by atoms with Crippen LogP contribution in [-0.2, 0) is 10.1 Å². The van der Waals surface area contributed by atoms with Crippen LogP contribution in [0.25, 0.3) is 27.8 Å². The fraction of sp³-hybridized carbons (Fsp3) is 0.171. The number of pyridine rings is 1. The number of aromatic nitrogens is 1. The van der Waals surface area contributed by atoms with E-state index in [9.17, 15) is 13.0 Å². The number of hydrogen-bond acceptors (Lipinski definition) is 5. The van der Waals surface area contributed by atoms with Gasteiger partial charge in [-0.05, 0) is 69.0 Å². The van der Waals surface area contributed by atoms with E-state index in [-0.39, 0.29) is 4.90 Å². The van der Waals surface area contributed by atoms with Crippen molar-refractivity contribution >= 4 is 55.3 Å². The zero-order valence-electron chi connectivity index (χ0n) is 24.2. The first-order chi connectivity index (χ1) is 20.2. The van der Waals surface area contributed by atoms with Crippen molar-refractivity contribution in [3.63, 3.8) is 0 Å². The molecule has 5 nitrogen and oxygen atoms in total. The van der Waals surface area contributed by atoms with Crippen LogP contribution in [0.5, 0.6) is 0 Å². The van der Waals surface area contributed by atoms with Gasteiger partial charge in [0.1, 0.15) is 10.1 Å². The Bertz CT molecular complexity index is 1910. The van der Waals surface area contributed by atoms with E-state index in [4.69, 9.17) is 0 Å². The molecule has 0 atom stereocenters. The number of allylic oxidation sites excluding steroid dienone is 2. The predicted octanol–water partition coefficient (Wildman–Crippen LogP) is 8.25. The standard InChI is InChI=1S/C28H27N2S.C7H8O3S/c1-4-29-27(31-26-17-16-21-10-5-6-13-24(21)28(26)29)15-9-11-22-18-19-30(20(2)3)25-14-8-7-12-23(22)25;1-6-2-4-7(5-3-6)11(8,9)10/h5-20H,4H2,1-3H3;2-5H,1H3,(H,8,9,10)/q+1;/p-1. The van der Waals surface area contributed by atoms with Crippen LogP contribution in [-0.4, -0.2) is 19.5 Å². The van der Waals surface area contributed by atoms with Gasteiger partial charge in [-0.15, -0.1) is 0 Å². The van der Waals surface area contributed by atoms with E-state index in [1.807, 2.05) is 18.7 Å². The van der Waals surface area contributed by atoms with Crippen LogP contribution in [0.4, 0.5) is 5.69 Å². The highest BCUT2D eigenvalue weighted by Crippen LogP contribution is 2.49. The summed E-state index contributed by atoms with van der Waals surface area (Å²) in [4.78, 5) is 3.59. The van der Waals surface area contributed by atoms with Crippen molar-refractivity contribution in [2.45, 2.75) is 43.5 Å². The lowest BCUT2D eigenvalue weighted by atomic mass is 10.1. The zero-order chi connectivity index (χ0) is 29.9. The second-order valence-electron chi connectivity index (χ2n) is 10.4. The first-order valence-corrected chi connectivity index (χ1v) is 16.2. The number of benzene rings is 4. The quantitative estimate of drug-likeness (QED) is 0.151. The van der Waals surface area contributed by atoms with Gasteiger partial charge in [-0.2, -0.15) is 4.57 Å². The van der Waals surface area contributed by atoms with Crippen molar-refractivity contribution in [1.82, 2.24) is 0 Å². The molecule has 1 aliphatic rings. The van der Waals surface area contributed by atoms with Gasteiger partial charge >= 0.3 is 0 Å². The second-order valence-corrected chi connectivity index (χ2v) is 12.8. The molecule has 0 amide bonds. The van der Waals surface area contributed by atoms with Crippen molar-refractivity contribution in [3.05, 3.63) is 126 Å². The van der Waals surface area contributed by atoms with Crippen molar-refractivity contribution in [3.8, 4) is 0 Å². The van der Waals surface area contributed by atoms with Crippen LogP contribution >= 0.6 is 11.8 Å². The number of thioether (sulfide) groups is 1. The molecule has 0 radical (unpaired) electrons. The van der Waals surface area contributed by atoms with Crippen LogP contribution in [0.15, 0.2) is 124 Å².